The van der Waals surface area contributed by atoms with Gasteiger partial charge in [0, 0.05) is 49.5 Å². The van der Waals surface area contributed by atoms with E-state index in [1.54, 1.807) is 30.7 Å². The molecule has 0 radical (unpaired) electrons. The number of nitrogens with one attached hydrogen (secondary N) is 3. The normalized spacial score (nSPS) is 21.4. The minimum absolute atomic E-state index is 0.205. The van der Waals surface area contributed by atoms with Crippen LogP contribution in [0.4, 0.5) is 11.4 Å². The largest absolute Gasteiger partial charge is 0.366 e. The van der Waals surface area contributed by atoms with Crippen LogP contribution in [0.25, 0.3) is 11.0 Å². The molecule has 1 saturated carbocycles. The Morgan fingerprint density at radius 3 is 3.07 bits per heavy atom. The molecule has 0 aromatic carbocycles. The molecule has 8 heteroatoms. The van der Waals surface area contributed by atoms with Gasteiger partial charge in [-0.3, -0.25) is 9.78 Å². The van der Waals surface area contributed by atoms with Crippen molar-refractivity contribution in [1.29, 1.82) is 5.41 Å². The number of anilines is 2. The summed E-state index contributed by atoms with van der Waals surface area (Å²) in [6.07, 6.45) is 10.7. The molecular formula is C21H21BrN6O. The number of rotatable bonds is 3. The highest BCUT2D eigenvalue weighted by atomic mass is 79.9. The van der Waals surface area contributed by atoms with Gasteiger partial charge in [-0.05, 0) is 53.2 Å². The smallest absolute Gasteiger partial charge is 0.257 e. The van der Waals surface area contributed by atoms with Gasteiger partial charge in [0.1, 0.15) is 5.65 Å². The molecule has 1 aliphatic carbocycles. The zero-order valence-electron chi connectivity index (χ0n) is 15.8. The number of halogens is 1. The van der Waals surface area contributed by atoms with Crippen molar-refractivity contribution < 1.29 is 4.79 Å². The Balaban J connectivity index is 1.56. The van der Waals surface area contributed by atoms with Crippen molar-refractivity contribution in [3.8, 4) is 0 Å². The third-order valence-electron chi connectivity index (χ3n) is 6.05. The van der Waals surface area contributed by atoms with Gasteiger partial charge in [0.15, 0.2) is 0 Å². The van der Waals surface area contributed by atoms with Crippen molar-refractivity contribution in [3.05, 3.63) is 47.0 Å². The van der Waals surface area contributed by atoms with Gasteiger partial charge in [0.2, 0.25) is 0 Å². The number of hydrogen-bond donors (Lipinski definition) is 3. The number of pyridine rings is 2. The van der Waals surface area contributed by atoms with Crippen molar-refractivity contribution >= 4 is 50.0 Å². The van der Waals surface area contributed by atoms with Gasteiger partial charge in [-0.15, -0.1) is 0 Å². The molecule has 0 spiro atoms. The Labute approximate surface area is 176 Å². The second-order valence-corrected chi connectivity index (χ2v) is 8.59. The van der Waals surface area contributed by atoms with E-state index in [9.17, 15) is 4.79 Å². The van der Waals surface area contributed by atoms with Crippen molar-refractivity contribution in [2.45, 2.75) is 31.7 Å². The molecule has 2 aliphatic rings. The van der Waals surface area contributed by atoms with E-state index in [4.69, 9.17) is 5.41 Å². The van der Waals surface area contributed by atoms with Crippen LogP contribution in [0.3, 0.4) is 0 Å². The fourth-order valence-corrected chi connectivity index (χ4v) is 5.18. The SMILES string of the molecule is N=C1CCC2CCN(c3c(Br)cnc4[nH]cc(NC(=O)c5cccnc5)c34)C2C1. The molecule has 3 aromatic rings. The second kappa shape index (κ2) is 7.26. The summed E-state index contributed by atoms with van der Waals surface area (Å²) in [6, 6.07) is 3.82. The van der Waals surface area contributed by atoms with Crippen LogP contribution in [-0.4, -0.2) is 39.2 Å². The van der Waals surface area contributed by atoms with E-state index in [1.807, 2.05) is 6.20 Å². The van der Waals surface area contributed by atoms with Crippen LogP contribution in [0, 0.1) is 11.3 Å². The van der Waals surface area contributed by atoms with Gasteiger partial charge in [-0.2, -0.15) is 0 Å². The monoisotopic (exact) mass is 452 g/mol. The van der Waals surface area contributed by atoms with Crippen molar-refractivity contribution in [3.63, 3.8) is 0 Å². The highest BCUT2D eigenvalue weighted by Crippen LogP contribution is 2.45. The minimum atomic E-state index is -0.205. The van der Waals surface area contributed by atoms with Gasteiger partial charge < -0.3 is 20.6 Å². The number of carbonyl (C=O) groups excluding carboxylic acids is 1. The zero-order chi connectivity index (χ0) is 20.0. The molecule has 1 aliphatic heterocycles. The van der Waals surface area contributed by atoms with Crippen LogP contribution in [0.1, 0.15) is 36.0 Å². The molecule has 3 N–H and O–H groups in total. The molecule has 2 atom stereocenters. The maximum atomic E-state index is 12.7. The quantitative estimate of drug-likeness (QED) is 0.549. The van der Waals surface area contributed by atoms with Crippen LogP contribution in [0.2, 0.25) is 0 Å². The first kappa shape index (κ1) is 18.3. The van der Waals surface area contributed by atoms with E-state index in [-0.39, 0.29) is 5.91 Å². The molecule has 29 heavy (non-hydrogen) atoms. The summed E-state index contributed by atoms with van der Waals surface area (Å²) in [5.41, 5.74) is 3.82. The van der Waals surface area contributed by atoms with Crippen molar-refractivity contribution in [2.24, 2.45) is 5.92 Å². The number of carbonyl (C=O) groups is 1. The predicted octanol–water partition coefficient (Wildman–Crippen LogP) is 4.37. The molecule has 1 amide bonds. The number of amides is 1. The fraction of sp³-hybridized carbons (Fsp3) is 0.333. The summed E-state index contributed by atoms with van der Waals surface area (Å²) in [6.45, 7) is 0.946. The maximum absolute atomic E-state index is 12.7. The molecular weight excluding hydrogens is 432 g/mol. The summed E-state index contributed by atoms with van der Waals surface area (Å²) in [7, 11) is 0. The Hall–Kier alpha value is -2.74. The van der Waals surface area contributed by atoms with E-state index in [2.05, 4.69) is 41.1 Å². The lowest BCUT2D eigenvalue weighted by molar-refractivity contribution is 0.102. The van der Waals surface area contributed by atoms with Crippen LogP contribution in [0.5, 0.6) is 0 Å². The molecule has 1 saturated heterocycles. The summed E-state index contributed by atoms with van der Waals surface area (Å²) in [5.74, 6) is 0.412. The highest BCUT2D eigenvalue weighted by Gasteiger charge is 2.39. The van der Waals surface area contributed by atoms with E-state index in [0.29, 0.717) is 23.2 Å². The first-order chi connectivity index (χ1) is 14.1. The Morgan fingerprint density at radius 1 is 1.34 bits per heavy atom. The number of aromatic amines is 1. The molecule has 7 nitrogen and oxygen atoms in total. The molecule has 3 aromatic heterocycles. The van der Waals surface area contributed by atoms with Gasteiger partial charge in [-0.25, -0.2) is 4.98 Å². The summed E-state index contributed by atoms with van der Waals surface area (Å²) >= 11 is 3.69. The molecule has 4 heterocycles. The first-order valence-electron chi connectivity index (χ1n) is 9.81. The third kappa shape index (κ3) is 3.21. The van der Waals surface area contributed by atoms with E-state index in [1.165, 1.54) is 0 Å². The van der Waals surface area contributed by atoms with Gasteiger partial charge >= 0.3 is 0 Å². The van der Waals surface area contributed by atoms with Gasteiger partial charge in [0.05, 0.1) is 26.8 Å². The zero-order valence-corrected chi connectivity index (χ0v) is 17.4. The number of aromatic nitrogens is 3. The first-order valence-corrected chi connectivity index (χ1v) is 10.6. The lowest BCUT2D eigenvalue weighted by atomic mass is 9.84. The fourth-order valence-electron chi connectivity index (χ4n) is 4.65. The second-order valence-electron chi connectivity index (χ2n) is 7.73. The average molecular weight is 453 g/mol. The highest BCUT2D eigenvalue weighted by molar-refractivity contribution is 9.10. The molecule has 5 rings (SSSR count). The van der Waals surface area contributed by atoms with E-state index in [0.717, 1.165) is 59.1 Å². The van der Waals surface area contributed by atoms with Gasteiger partial charge in [0.25, 0.3) is 5.91 Å². The Bertz CT molecular complexity index is 1100. The van der Waals surface area contributed by atoms with Crippen LogP contribution in [0.15, 0.2) is 41.4 Å². The molecule has 2 fully saturated rings. The lowest BCUT2D eigenvalue weighted by Gasteiger charge is -2.34. The summed E-state index contributed by atoms with van der Waals surface area (Å²) < 4.78 is 0.902. The number of fused-ring (bicyclic) bond motifs is 2. The molecule has 0 bridgehead atoms. The topological polar surface area (TPSA) is 97.8 Å². The Morgan fingerprint density at radius 2 is 2.24 bits per heavy atom. The average Bonchev–Trinajstić information content (AvgIpc) is 3.33. The number of nitrogens with zero attached hydrogens (tertiary/aromatic N) is 3. The van der Waals surface area contributed by atoms with Gasteiger partial charge in [-0.1, -0.05) is 0 Å². The van der Waals surface area contributed by atoms with E-state index < -0.39 is 0 Å². The van der Waals surface area contributed by atoms with E-state index >= 15 is 0 Å². The van der Waals surface area contributed by atoms with Crippen LogP contribution < -0.4 is 10.2 Å². The van der Waals surface area contributed by atoms with Crippen molar-refractivity contribution in [1.82, 2.24) is 15.0 Å². The summed E-state index contributed by atoms with van der Waals surface area (Å²) in [5, 5.41) is 12.1. The molecule has 2 unspecified atom stereocenters. The maximum Gasteiger partial charge on any atom is 0.257 e. The minimum Gasteiger partial charge on any atom is -0.366 e. The lowest BCUT2D eigenvalue weighted by Crippen LogP contribution is -2.37. The third-order valence-corrected chi connectivity index (χ3v) is 6.63. The van der Waals surface area contributed by atoms with Crippen molar-refractivity contribution in [2.75, 3.05) is 16.8 Å². The standard InChI is InChI=1S/C21H21BrN6O/c22-15-10-25-20-18(16(11-26-20)27-21(29)13-2-1-6-24-9-13)19(15)28-7-5-12-3-4-14(23)8-17(12)28/h1-2,6,9-12,17,23H,3-5,7-8H2,(H,25,26)(H,27,29). The summed E-state index contributed by atoms with van der Waals surface area (Å²) in [4.78, 5) is 26.8. The molecule has 148 valence electrons. The predicted molar refractivity (Wildman–Crippen MR) is 117 cm³/mol. The van der Waals surface area contributed by atoms with Crippen LogP contribution >= 0.6 is 15.9 Å². The number of H-pyrrole nitrogens is 1. The van der Waals surface area contributed by atoms with Crippen LogP contribution in [-0.2, 0) is 0 Å². The number of hydrogen-bond acceptors (Lipinski definition) is 5. The Kier molecular flexibility index (Phi) is 4.58.